The number of aliphatic imine (C=N–C) groups is 1. The van der Waals surface area contributed by atoms with Crippen molar-refractivity contribution in [2.45, 2.75) is 37.1 Å². The maximum Gasteiger partial charge on any atom is 0.105 e. The van der Waals surface area contributed by atoms with Crippen molar-refractivity contribution in [2.75, 3.05) is 12.8 Å². The van der Waals surface area contributed by atoms with Gasteiger partial charge in [0.2, 0.25) is 0 Å². The van der Waals surface area contributed by atoms with E-state index in [1.165, 1.54) is 47.8 Å². The number of amidine groups is 1. The topological polar surface area (TPSA) is 15.6 Å². The van der Waals surface area contributed by atoms with Gasteiger partial charge in [0.25, 0.3) is 0 Å². The molecule has 1 fully saturated rings. The number of nitrogens with zero attached hydrogens (tertiary/aromatic N) is 2. The van der Waals surface area contributed by atoms with Crippen LogP contribution in [0.5, 0.6) is 0 Å². The molecule has 0 unspecified atom stereocenters. The van der Waals surface area contributed by atoms with Crippen molar-refractivity contribution in [3.05, 3.63) is 23.8 Å². The summed E-state index contributed by atoms with van der Waals surface area (Å²) in [6.45, 7) is 2.24. The predicted molar refractivity (Wildman–Crippen MR) is 74.2 cm³/mol. The van der Waals surface area contributed by atoms with E-state index in [-0.39, 0.29) is 0 Å². The molecular weight excluding hydrogens is 228 g/mol. The van der Waals surface area contributed by atoms with E-state index in [9.17, 15) is 0 Å². The Morgan fingerprint density at radius 1 is 1.24 bits per heavy atom. The van der Waals surface area contributed by atoms with E-state index >= 15 is 0 Å². The second-order valence-corrected chi connectivity index (χ2v) is 5.63. The van der Waals surface area contributed by atoms with Crippen LogP contribution in [0.3, 0.4) is 0 Å². The third-order valence-corrected chi connectivity index (χ3v) is 4.32. The fourth-order valence-corrected chi connectivity index (χ4v) is 3.03. The quantitative estimate of drug-likeness (QED) is 0.700. The van der Waals surface area contributed by atoms with Gasteiger partial charge in [-0.3, -0.25) is 0 Å². The Kier molecular flexibility index (Phi) is 3.10. The lowest BCUT2D eigenvalue weighted by molar-refractivity contribution is 0.403. The monoisotopic (exact) mass is 246 g/mol. The number of fused-ring (bicyclic) bond motifs is 2. The molecule has 0 spiro atoms. The molecule has 0 radical (unpaired) electrons. The molecule has 1 aromatic rings. The van der Waals surface area contributed by atoms with Crippen LogP contribution in [0.15, 0.2) is 28.1 Å². The normalized spacial score (nSPS) is 19.1. The van der Waals surface area contributed by atoms with Gasteiger partial charge in [0, 0.05) is 24.4 Å². The fraction of sp³-hybridized carbons (Fsp3) is 0.500. The molecule has 3 rings (SSSR count). The van der Waals surface area contributed by atoms with Crippen LogP contribution in [-0.4, -0.2) is 23.5 Å². The van der Waals surface area contributed by atoms with Gasteiger partial charge in [-0.05, 0) is 36.8 Å². The standard InChI is InChI=1S/C14H18N2S/c1-17-12-7-6-11-10-16-8-4-2-3-5-14(16)15-13(11)9-12/h6-7,9H,2-5,8,10H2,1H3. The van der Waals surface area contributed by atoms with Gasteiger partial charge >= 0.3 is 0 Å². The van der Waals surface area contributed by atoms with Crippen molar-refractivity contribution in [1.29, 1.82) is 0 Å². The first-order chi connectivity index (χ1) is 8.36. The number of thioether (sulfide) groups is 1. The molecule has 90 valence electrons. The minimum atomic E-state index is 1.06. The van der Waals surface area contributed by atoms with Crippen LogP contribution in [-0.2, 0) is 6.54 Å². The molecule has 1 aromatic carbocycles. The van der Waals surface area contributed by atoms with Crippen molar-refractivity contribution >= 4 is 23.3 Å². The summed E-state index contributed by atoms with van der Waals surface area (Å²) in [6.07, 6.45) is 7.24. The zero-order chi connectivity index (χ0) is 11.7. The molecule has 2 nitrogen and oxygen atoms in total. The SMILES string of the molecule is CSc1ccc2c(c1)N=C1CCCCCN1C2. The van der Waals surface area contributed by atoms with E-state index < -0.39 is 0 Å². The molecule has 3 heteroatoms. The highest BCUT2D eigenvalue weighted by Crippen LogP contribution is 2.32. The number of rotatable bonds is 1. The van der Waals surface area contributed by atoms with Crippen LogP contribution in [0.4, 0.5) is 5.69 Å². The molecule has 2 heterocycles. The lowest BCUT2D eigenvalue weighted by Gasteiger charge is -2.29. The van der Waals surface area contributed by atoms with Crippen LogP contribution in [0, 0.1) is 0 Å². The molecule has 0 amide bonds. The Labute approximate surface area is 107 Å². The van der Waals surface area contributed by atoms with Crippen LogP contribution < -0.4 is 0 Å². The summed E-state index contributed by atoms with van der Waals surface area (Å²) >= 11 is 1.79. The van der Waals surface area contributed by atoms with Crippen LogP contribution in [0.1, 0.15) is 31.2 Å². The van der Waals surface area contributed by atoms with Crippen molar-refractivity contribution < 1.29 is 0 Å². The fourth-order valence-electron chi connectivity index (χ4n) is 2.60. The van der Waals surface area contributed by atoms with E-state index in [4.69, 9.17) is 4.99 Å². The molecular formula is C14H18N2S. The highest BCUT2D eigenvalue weighted by molar-refractivity contribution is 7.98. The highest BCUT2D eigenvalue weighted by Gasteiger charge is 2.21. The zero-order valence-electron chi connectivity index (χ0n) is 10.3. The van der Waals surface area contributed by atoms with Crippen LogP contribution in [0.25, 0.3) is 0 Å². The molecule has 0 saturated carbocycles. The molecule has 0 bridgehead atoms. The highest BCUT2D eigenvalue weighted by atomic mass is 32.2. The van der Waals surface area contributed by atoms with Crippen molar-refractivity contribution in [3.8, 4) is 0 Å². The number of hydrogen-bond donors (Lipinski definition) is 0. The molecule has 2 aliphatic heterocycles. The lowest BCUT2D eigenvalue weighted by atomic mass is 10.1. The van der Waals surface area contributed by atoms with Crippen LogP contribution >= 0.6 is 11.8 Å². The van der Waals surface area contributed by atoms with E-state index in [0.717, 1.165) is 13.0 Å². The maximum absolute atomic E-state index is 4.87. The van der Waals surface area contributed by atoms with E-state index in [1.807, 2.05) is 0 Å². The van der Waals surface area contributed by atoms with Gasteiger partial charge in [0.1, 0.15) is 5.84 Å². The summed E-state index contributed by atoms with van der Waals surface area (Å²) < 4.78 is 0. The first-order valence-corrected chi connectivity index (χ1v) is 7.59. The second kappa shape index (κ2) is 4.73. The Morgan fingerprint density at radius 2 is 2.18 bits per heavy atom. The van der Waals surface area contributed by atoms with Crippen molar-refractivity contribution in [3.63, 3.8) is 0 Å². The minimum absolute atomic E-state index is 1.06. The van der Waals surface area contributed by atoms with Gasteiger partial charge in [-0.1, -0.05) is 12.5 Å². The smallest absolute Gasteiger partial charge is 0.105 e. The van der Waals surface area contributed by atoms with Crippen LogP contribution in [0.2, 0.25) is 0 Å². The molecule has 1 saturated heterocycles. The Bertz CT molecular complexity index is 454. The van der Waals surface area contributed by atoms with Gasteiger partial charge in [-0.15, -0.1) is 11.8 Å². The largest absolute Gasteiger partial charge is 0.356 e. The third kappa shape index (κ3) is 2.21. The van der Waals surface area contributed by atoms with E-state index in [1.54, 1.807) is 11.8 Å². The van der Waals surface area contributed by atoms with Gasteiger partial charge in [0.15, 0.2) is 0 Å². The molecule has 0 N–H and O–H groups in total. The third-order valence-electron chi connectivity index (χ3n) is 3.60. The van der Waals surface area contributed by atoms with Gasteiger partial charge in [0.05, 0.1) is 5.69 Å². The summed E-state index contributed by atoms with van der Waals surface area (Å²) in [5.74, 6) is 1.31. The first-order valence-electron chi connectivity index (χ1n) is 6.36. The van der Waals surface area contributed by atoms with Gasteiger partial charge in [-0.25, -0.2) is 4.99 Å². The lowest BCUT2D eigenvalue weighted by Crippen LogP contribution is -2.32. The average molecular weight is 246 g/mol. The summed E-state index contributed by atoms with van der Waals surface area (Å²) in [6, 6.07) is 6.68. The Hall–Kier alpha value is -0.960. The number of hydrogen-bond acceptors (Lipinski definition) is 3. The summed E-state index contributed by atoms with van der Waals surface area (Å²) in [5.41, 5.74) is 2.58. The zero-order valence-corrected chi connectivity index (χ0v) is 11.1. The van der Waals surface area contributed by atoms with E-state index in [0.29, 0.717) is 0 Å². The summed E-state index contributed by atoms with van der Waals surface area (Å²) in [4.78, 5) is 8.65. The predicted octanol–water partition coefficient (Wildman–Crippen LogP) is 3.83. The number of benzene rings is 1. The Morgan fingerprint density at radius 3 is 3.06 bits per heavy atom. The summed E-state index contributed by atoms with van der Waals surface area (Å²) in [5, 5.41) is 0. The van der Waals surface area contributed by atoms with Gasteiger partial charge < -0.3 is 4.90 Å². The molecule has 0 aliphatic carbocycles. The van der Waals surface area contributed by atoms with E-state index in [2.05, 4.69) is 29.4 Å². The average Bonchev–Trinajstić information content (AvgIpc) is 2.60. The van der Waals surface area contributed by atoms with Gasteiger partial charge in [-0.2, -0.15) is 0 Å². The molecule has 0 atom stereocenters. The first kappa shape index (κ1) is 11.1. The molecule has 17 heavy (non-hydrogen) atoms. The molecule has 0 aromatic heterocycles. The second-order valence-electron chi connectivity index (χ2n) is 4.75. The summed E-state index contributed by atoms with van der Waals surface area (Å²) in [7, 11) is 0. The Balaban J connectivity index is 1.97. The minimum Gasteiger partial charge on any atom is -0.356 e. The molecule has 2 aliphatic rings. The van der Waals surface area contributed by atoms with Crippen molar-refractivity contribution in [2.24, 2.45) is 4.99 Å². The van der Waals surface area contributed by atoms with Crippen molar-refractivity contribution in [1.82, 2.24) is 4.90 Å². The maximum atomic E-state index is 4.87.